The number of rotatable bonds is 1. The van der Waals surface area contributed by atoms with Crippen LogP contribution >= 0.6 is 11.3 Å². The second-order valence-electron chi connectivity index (χ2n) is 3.64. The molecular formula is C10H11N5S. The lowest BCUT2D eigenvalue weighted by atomic mass is 10.3. The Morgan fingerprint density at radius 1 is 1.56 bits per heavy atom. The van der Waals surface area contributed by atoms with Gasteiger partial charge < -0.3 is 11.1 Å². The van der Waals surface area contributed by atoms with Gasteiger partial charge in [-0.1, -0.05) is 0 Å². The van der Waals surface area contributed by atoms with Crippen LogP contribution in [0.1, 0.15) is 11.3 Å². The van der Waals surface area contributed by atoms with Crippen LogP contribution < -0.4 is 11.1 Å². The standard InChI is InChI=1S/C10H11N5S/c1-6-2-3-16-9(6)15-5-13-7-4-12-10(11)14-8(7)15/h2-3,5H,4H2,1H3,(H3,11,12,14). The van der Waals surface area contributed by atoms with Crippen LogP contribution in [0.5, 0.6) is 0 Å². The maximum absolute atomic E-state index is 5.67. The number of imidazole rings is 1. The van der Waals surface area contributed by atoms with Crippen LogP contribution in [0.2, 0.25) is 0 Å². The Hall–Kier alpha value is -1.82. The van der Waals surface area contributed by atoms with Crippen LogP contribution in [0, 0.1) is 6.92 Å². The zero-order valence-electron chi connectivity index (χ0n) is 8.77. The van der Waals surface area contributed by atoms with Crippen molar-refractivity contribution in [2.45, 2.75) is 13.5 Å². The topological polar surface area (TPSA) is 68.2 Å². The lowest BCUT2D eigenvalue weighted by Gasteiger charge is -2.12. The van der Waals surface area contributed by atoms with E-state index in [0.29, 0.717) is 12.5 Å². The van der Waals surface area contributed by atoms with Crippen molar-refractivity contribution in [3.63, 3.8) is 0 Å². The Morgan fingerprint density at radius 2 is 2.44 bits per heavy atom. The molecule has 3 rings (SSSR count). The molecular weight excluding hydrogens is 222 g/mol. The SMILES string of the molecule is Cc1ccsc1-n1cnc2c1N=C(N)NC2. The molecule has 0 spiro atoms. The van der Waals surface area contributed by atoms with Gasteiger partial charge in [-0.25, -0.2) is 4.98 Å². The van der Waals surface area contributed by atoms with Crippen LogP contribution in [-0.4, -0.2) is 15.5 Å². The van der Waals surface area contributed by atoms with Crippen molar-refractivity contribution in [1.82, 2.24) is 14.9 Å². The molecule has 1 aliphatic heterocycles. The van der Waals surface area contributed by atoms with E-state index in [-0.39, 0.29) is 0 Å². The first-order valence-electron chi connectivity index (χ1n) is 4.94. The minimum atomic E-state index is 0.448. The largest absolute Gasteiger partial charge is 0.370 e. The van der Waals surface area contributed by atoms with E-state index < -0.39 is 0 Å². The predicted molar refractivity (Wildman–Crippen MR) is 64.3 cm³/mol. The molecule has 0 unspecified atom stereocenters. The summed E-state index contributed by atoms with van der Waals surface area (Å²) in [5, 5.41) is 6.17. The monoisotopic (exact) mass is 233 g/mol. The van der Waals surface area contributed by atoms with Crippen molar-refractivity contribution in [3.05, 3.63) is 29.0 Å². The van der Waals surface area contributed by atoms with Gasteiger partial charge in [0.05, 0.1) is 6.54 Å². The van der Waals surface area contributed by atoms with Gasteiger partial charge in [-0.05, 0) is 23.9 Å². The van der Waals surface area contributed by atoms with Crippen molar-refractivity contribution in [1.29, 1.82) is 0 Å². The van der Waals surface area contributed by atoms with Crippen molar-refractivity contribution in [2.24, 2.45) is 10.7 Å². The highest BCUT2D eigenvalue weighted by molar-refractivity contribution is 7.12. The molecule has 0 amide bonds. The van der Waals surface area contributed by atoms with Gasteiger partial charge in [-0.3, -0.25) is 4.57 Å². The summed E-state index contributed by atoms with van der Waals surface area (Å²) in [6, 6.07) is 2.08. The Morgan fingerprint density at radius 3 is 3.19 bits per heavy atom. The summed E-state index contributed by atoms with van der Waals surface area (Å²) in [7, 11) is 0. The van der Waals surface area contributed by atoms with Crippen LogP contribution in [-0.2, 0) is 6.54 Å². The number of nitrogens with two attached hydrogens (primary N) is 1. The van der Waals surface area contributed by atoms with Crippen LogP contribution in [0.4, 0.5) is 5.82 Å². The van der Waals surface area contributed by atoms with Gasteiger partial charge in [-0.15, -0.1) is 11.3 Å². The summed E-state index contributed by atoms with van der Waals surface area (Å²) >= 11 is 1.67. The van der Waals surface area contributed by atoms with Gasteiger partial charge in [0.25, 0.3) is 0 Å². The van der Waals surface area contributed by atoms with Crippen molar-refractivity contribution in [2.75, 3.05) is 0 Å². The van der Waals surface area contributed by atoms with E-state index in [1.807, 2.05) is 4.57 Å². The minimum Gasteiger partial charge on any atom is -0.370 e. The second-order valence-corrected chi connectivity index (χ2v) is 4.54. The second kappa shape index (κ2) is 3.34. The van der Waals surface area contributed by atoms with Gasteiger partial charge in [0.2, 0.25) is 0 Å². The molecule has 0 fully saturated rings. The fourth-order valence-corrected chi connectivity index (χ4v) is 2.61. The highest BCUT2D eigenvalue weighted by atomic mass is 32.1. The smallest absolute Gasteiger partial charge is 0.195 e. The van der Waals surface area contributed by atoms with Crippen molar-refractivity contribution < 1.29 is 0 Å². The molecule has 2 aromatic rings. The summed E-state index contributed by atoms with van der Waals surface area (Å²) in [4.78, 5) is 8.63. The number of hydrogen-bond donors (Lipinski definition) is 2. The average molecular weight is 233 g/mol. The number of aromatic nitrogens is 2. The number of guanidine groups is 1. The highest BCUT2D eigenvalue weighted by Crippen LogP contribution is 2.29. The Labute approximate surface area is 96.6 Å². The summed E-state index contributed by atoms with van der Waals surface area (Å²) in [5.41, 5.74) is 7.82. The molecule has 3 heterocycles. The van der Waals surface area contributed by atoms with Gasteiger partial charge in [0.1, 0.15) is 17.0 Å². The highest BCUT2D eigenvalue weighted by Gasteiger charge is 2.17. The van der Waals surface area contributed by atoms with E-state index >= 15 is 0 Å². The molecule has 0 saturated carbocycles. The number of thiophene rings is 1. The van der Waals surface area contributed by atoms with Crippen LogP contribution in [0.15, 0.2) is 22.8 Å². The maximum Gasteiger partial charge on any atom is 0.195 e. The Balaban J connectivity index is 2.18. The molecule has 16 heavy (non-hydrogen) atoms. The third-order valence-corrected chi connectivity index (χ3v) is 3.55. The molecule has 5 nitrogen and oxygen atoms in total. The van der Waals surface area contributed by atoms with E-state index in [0.717, 1.165) is 16.5 Å². The predicted octanol–water partition coefficient (Wildman–Crippen LogP) is 1.29. The zero-order valence-corrected chi connectivity index (χ0v) is 9.58. The fraction of sp³-hybridized carbons (Fsp3) is 0.200. The number of nitrogens with zero attached hydrogens (tertiary/aromatic N) is 3. The van der Waals surface area contributed by atoms with Crippen molar-refractivity contribution in [3.8, 4) is 5.00 Å². The number of aliphatic imine (C=N–C) groups is 1. The molecule has 0 radical (unpaired) electrons. The molecule has 0 aliphatic carbocycles. The van der Waals surface area contributed by atoms with E-state index in [2.05, 4.69) is 33.7 Å². The summed E-state index contributed by atoms with van der Waals surface area (Å²) in [6.45, 7) is 2.72. The van der Waals surface area contributed by atoms with Gasteiger partial charge >= 0.3 is 0 Å². The molecule has 0 atom stereocenters. The molecule has 1 aliphatic rings. The van der Waals surface area contributed by atoms with Crippen LogP contribution in [0.25, 0.3) is 5.00 Å². The van der Waals surface area contributed by atoms with Gasteiger partial charge in [-0.2, -0.15) is 4.99 Å². The molecule has 0 saturated heterocycles. The average Bonchev–Trinajstić information content (AvgIpc) is 2.83. The normalized spacial score (nSPS) is 14.2. The van der Waals surface area contributed by atoms with Gasteiger partial charge in [0.15, 0.2) is 11.8 Å². The molecule has 6 heteroatoms. The molecule has 3 N–H and O–H groups in total. The molecule has 0 aromatic carbocycles. The summed E-state index contributed by atoms with van der Waals surface area (Å²) in [6.07, 6.45) is 1.80. The number of fused-ring (bicyclic) bond motifs is 1. The number of hydrogen-bond acceptors (Lipinski definition) is 5. The molecule has 0 bridgehead atoms. The van der Waals surface area contributed by atoms with E-state index in [9.17, 15) is 0 Å². The maximum atomic E-state index is 5.67. The number of aryl methyl sites for hydroxylation is 1. The Kier molecular flexibility index (Phi) is 1.97. The van der Waals surface area contributed by atoms with Crippen molar-refractivity contribution >= 4 is 23.1 Å². The minimum absolute atomic E-state index is 0.448. The molecule has 82 valence electrons. The zero-order chi connectivity index (χ0) is 11.1. The molecule has 2 aromatic heterocycles. The van der Waals surface area contributed by atoms with Crippen LogP contribution in [0.3, 0.4) is 0 Å². The lowest BCUT2D eigenvalue weighted by molar-refractivity contribution is 0.850. The first-order valence-corrected chi connectivity index (χ1v) is 5.82. The fourth-order valence-electron chi connectivity index (χ4n) is 1.71. The van der Waals surface area contributed by atoms with E-state index in [4.69, 9.17) is 5.73 Å². The van der Waals surface area contributed by atoms with E-state index in [1.165, 1.54) is 5.56 Å². The summed E-state index contributed by atoms with van der Waals surface area (Å²) in [5.74, 6) is 1.28. The number of nitrogens with one attached hydrogen (secondary N) is 1. The summed E-state index contributed by atoms with van der Waals surface area (Å²) < 4.78 is 1.99. The third-order valence-electron chi connectivity index (χ3n) is 2.53. The van der Waals surface area contributed by atoms with E-state index in [1.54, 1.807) is 17.7 Å². The lowest BCUT2D eigenvalue weighted by Crippen LogP contribution is -2.33. The first kappa shape index (κ1) is 9.41. The van der Waals surface area contributed by atoms with Gasteiger partial charge in [0, 0.05) is 0 Å². The third kappa shape index (κ3) is 1.30. The Bertz CT molecular complexity index is 566. The quantitative estimate of drug-likeness (QED) is 0.780. The first-order chi connectivity index (χ1) is 7.75.